The van der Waals surface area contributed by atoms with Crippen molar-refractivity contribution in [2.75, 3.05) is 33.3 Å². The van der Waals surface area contributed by atoms with Crippen LogP contribution in [0.5, 0.6) is 0 Å². The van der Waals surface area contributed by atoms with Gasteiger partial charge >= 0.3 is 0 Å². The van der Waals surface area contributed by atoms with Crippen LogP contribution < -0.4 is 0 Å². The van der Waals surface area contributed by atoms with Crippen LogP contribution in [0.25, 0.3) is 0 Å². The van der Waals surface area contributed by atoms with E-state index in [1.807, 2.05) is 0 Å². The topological polar surface area (TPSA) is 24.9 Å². The summed E-state index contributed by atoms with van der Waals surface area (Å²) in [6.07, 6.45) is 0. The van der Waals surface area contributed by atoms with Crippen molar-refractivity contribution >= 4 is 0 Å². The number of nitrogens with zero attached hydrogens (tertiary/aromatic N) is 2. The van der Waals surface area contributed by atoms with E-state index in [2.05, 4.69) is 23.6 Å². The lowest BCUT2D eigenvalue weighted by Gasteiger charge is -2.27. The number of rotatable bonds is 0. The highest BCUT2D eigenvalue weighted by Gasteiger charge is 2.27. The lowest BCUT2D eigenvalue weighted by molar-refractivity contribution is -0.00771. The monoisotopic (exact) mass is 186 g/mol. The van der Waals surface area contributed by atoms with Crippen molar-refractivity contribution in [2.45, 2.75) is 25.9 Å². The molecule has 2 fully saturated rings. The molecule has 0 aliphatic carbocycles. The van der Waals surface area contributed by atoms with Crippen LogP contribution in [0.1, 0.15) is 13.8 Å². The Morgan fingerprint density at radius 1 is 0.923 bits per heavy atom. The molecule has 0 amide bonds. The van der Waals surface area contributed by atoms with Crippen molar-refractivity contribution < 1.29 is 9.47 Å². The Kier molecular flexibility index (Phi) is 2.83. The van der Waals surface area contributed by atoms with E-state index in [-0.39, 0.29) is 0 Å². The minimum atomic E-state index is 0.468. The van der Waals surface area contributed by atoms with Crippen LogP contribution >= 0.6 is 0 Å². The standard InChI is InChI=1S/C9H18N2O2/c1-8-3-12-7-11-5-10(8)6-13-4-9(11)2/h8-9H,3-7H2,1-2H3/t8-,9-/m0/s1. The van der Waals surface area contributed by atoms with Gasteiger partial charge in [0.2, 0.25) is 0 Å². The zero-order valence-corrected chi connectivity index (χ0v) is 8.40. The summed E-state index contributed by atoms with van der Waals surface area (Å²) >= 11 is 0. The molecule has 0 saturated carbocycles. The summed E-state index contributed by atoms with van der Waals surface area (Å²) in [5.41, 5.74) is 0. The average molecular weight is 186 g/mol. The first-order chi connectivity index (χ1) is 6.27. The summed E-state index contributed by atoms with van der Waals surface area (Å²) in [7, 11) is 0. The van der Waals surface area contributed by atoms with Crippen molar-refractivity contribution in [3.05, 3.63) is 0 Å². The molecule has 2 bridgehead atoms. The first-order valence-electron chi connectivity index (χ1n) is 4.91. The summed E-state index contributed by atoms with van der Waals surface area (Å²) < 4.78 is 11.2. The van der Waals surface area contributed by atoms with E-state index >= 15 is 0 Å². The van der Waals surface area contributed by atoms with Gasteiger partial charge in [0.15, 0.2) is 0 Å². The summed E-state index contributed by atoms with van der Waals surface area (Å²) in [6.45, 7) is 8.45. The quantitative estimate of drug-likeness (QED) is 0.543. The first-order valence-corrected chi connectivity index (χ1v) is 4.91. The molecule has 13 heavy (non-hydrogen) atoms. The van der Waals surface area contributed by atoms with Crippen LogP contribution in [0.2, 0.25) is 0 Å². The fraction of sp³-hybridized carbons (Fsp3) is 1.00. The minimum absolute atomic E-state index is 0.468. The minimum Gasteiger partial charge on any atom is -0.364 e. The van der Waals surface area contributed by atoms with Crippen LogP contribution in [-0.4, -0.2) is 55.2 Å². The van der Waals surface area contributed by atoms with Gasteiger partial charge in [0.1, 0.15) is 13.5 Å². The Labute approximate surface area is 79.4 Å². The van der Waals surface area contributed by atoms with E-state index in [4.69, 9.17) is 9.47 Å². The van der Waals surface area contributed by atoms with Gasteiger partial charge < -0.3 is 9.47 Å². The van der Waals surface area contributed by atoms with E-state index in [1.165, 1.54) is 0 Å². The fourth-order valence-electron chi connectivity index (χ4n) is 1.74. The van der Waals surface area contributed by atoms with Gasteiger partial charge in [0.25, 0.3) is 0 Å². The van der Waals surface area contributed by atoms with E-state index in [0.29, 0.717) is 12.1 Å². The molecule has 0 radical (unpaired) electrons. The van der Waals surface area contributed by atoms with Gasteiger partial charge in [-0.3, -0.25) is 9.80 Å². The maximum absolute atomic E-state index is 5.58. The molecule has 2 aliphatic heterocycles. The predicted octanol–water partition coefficient (Wildman–Crippen LogP) is 0.300. The van der Waals surface area contributed by atoms with Gasteiger partial charge in [-0.1, -0.05) is 0 Å². The van der Waals surface area contributed by atoms with Crippen LogP contribution in [0.15, 0.2) is 0 Å². The zero-order valence-electron chi connectivity index (χ0n) is 8.40. The van der Waals surface area contributed by atoms with Gasteiger partial charge in [-0.2, -0.15) is 0 Å². The van der Waals surface area contributed by atoms with Crippen molar-refractivity contribution in [1.29, 1.82) is 0 Å². The van der Waals surface area contributed by atoms with Crippen LogP contribution in [-0.2, 0) is 9.47 Å². The molecular formula is C9H18N2O2. The molecular weight excluding hydrogens is 168 g/mol. The highest BCUT2D eigenvalue weighted by Crippen LogP contribution is 2.14. The third kappa shape index (κ3) is 2.02. The molecule has 4 nitrogen and oxygen atoms in total. The number of ether oxygens (including phenoxy) is 2. The second-order valence-electron chi connectivity index (χ2n) is 4.02. The molecule has 76 valence electrons. The van der Waals surface area contributed by atoms with Crippen LogP contribution in [0.3, 0.4) is 0 Å². The first kappa shape index (κ1) is 9.40. The van der Waals surface area contributed by atoms with Crippen LogP contribution in [0.4, 0.5) is 0 Å². The Hall–Kier alpha value is -0.160. The Morgan fingerprint density at radius 3 is 1.85 bits per heavy atom. The smallest absolute Gasteiger partial charge is 0.100 e. The Bertz CT molecular complexity index is 159. The van der Waals surface area contributed by atoms with Gasteiger partial charge in [0, 0.05) is 12.1 Å². The highest BCUT2D eigenvalue weighted by molar-refractivity contribution is 4.74. The largest absolute Gasteiger partial charge is 0.364 e. The molecule has 4 heteroatoms. The van der Waals surface area contributed by atoms with E-state index in [1.54, 1.807) is 0 Å². The van der Waals surface area contributed by atoms with Gasteiger partial charge in [-0.25, -0.2) is 0 Å². The molecule has 2 heterocycles. The van der Waals surface area contributed by atoms with E-state index < -0.39 is 0 Å². The average Bonchev–Trinajstić information content (AvgIpc) is 2.38. The molecule has 4 atom stereocenters. The van der Waals surface area contributed by atoms with Crippen molar-refractivity contribution in [3.63, 3.8) is 0 Å². The Balaban J connectivity index is 2.07. The van der Waals surface area contributed by atoms with Crippen molar-refractivity contribution in [1.82, 2.24) is 9.80 Å². The lowest BCUT2D eigenvalue weighted by Crippen LogP contribution is -2.42. The summed E-state index contributed by atoms with van der Waals surface area (Å²) in [5.74, 6) is 0. The molecule has 0 spiro atoms. The SMILES string of the molecule is C[C@H]1COCN2CN1COC[C@@H]2C. The fourth-order valence-corrected chi connectivity index (χ4v) is 1.74. The maximum Gasteiger partial charge on any atom is 0.100 e. The van der Waals surface area contributed by atoms with Crippen molar-refractivity contribution in [2.24, 2.45) is 0 Å². The molecule has 0 aromatic heterocycles. The number of fused-ring (bicyclic) bond motifs is 2. The maximum atomic E-state index is 5.58. The molecule has 0 N–H and O–H groups in total. The highest BCUT2D eigenvalue weighted by atomic mass is 16.5. The molecule has 0 aromatic rings. The third-order valence-electron chi connectivity index (χ3n) is 2.84. The zero-order chi connectivity index (χ0) is 9.26. The van der Waals surface area contributed by atoms with E-state index in [0.717, 1.165) is 33.3 Å². The predicted molar refractivity (Wildman–Crippen MR) is 49.1 cm³/mol. The van der Waals surface area contributed by atoms with E-state index in [9.17, 15) is 0 Å². The van der Waals surface area contributed by atoms with Gasteiger partial charge in [-0.15, -0.1) is 0 Å². The summed E-state index contributed by atoms with van der Waals surface area (Å²) in [5, 5.41) is 0. The summed E-state index contributed by atoms with van der Waals surface area (Å²) in [6, 6.07) is 0.936. The molecule has 2 rings (SSSR count). The van der Waals surface area contributed by atoms with Crippen molar-refractivity contribution in [3.8, 4) is 0 Å². The third-order valence-corrected chi connectivity index (χ3v) is 2.84. The molecule has 0 aromatic carbocycles. The molecule has 2 aliphatic rings. The number of hydrogen-bond acceptors (Lipinski definition) is 4. The second-order valence-corrected chi connectivity index (χ2v) is 4.02. The Morgan fingerprint density at radius 2 is 1.38 bits per heavy atom. The van der Waals surface area contributed by atoms with Gasteiger partial charge in [0.05, 0.1) is 19.9 Å². The van der Waals surface area contributed by atoms with Crippen LogP contribution in [0, 0.1) is 0 Å². The second kappa shape index (κ2) is 3.92. The van der Waals surface area contributed by atoms with Gasteiger partial charge in [-0.05, 0) is 13.8 Å². The summed E-state index contributed by atoms with van der Waals surface area (Å²) in [4.78, 5) is 4.63. The molecule has 2 saturated heterocycles. The normalized spacial score (nSPS) is 46.6. The molecule has 2 unspecified atom stereocenters. The number of hydrogen-bond donors (Lipinski definition) is 0. The lowest BCUT2D eigenvalue weighted by atomic mass is 10.3.